The number of amides is 2. The fourth-order valence-corrected chi connectivity index (χ4v) is 1.73. The molecular weight excluding hydrogens is 301 g/mol. The van der Waals surface area contributed by atoms with Crippen LogP contribution in [-0.4, -0.2) is 16.2 Å². The van der Waals surface area contributed by atoms with Crippen LogP contribution in [0.1, 0.15) is 5.56 Å². The van der Waals surface area contributed by atoms with E-state index in [1.807, 2.05) is 0 Å². The minimum Gasteiger partial charge on any atom is -0.508 e. The molecule has 2 aromatic carbocycles. The van der Waals surface area contributed by atoms with Crippen molar-refractivity contribution < 1.29 is 28.2 Å². The molecular formula is C14H11F3N2O3. The number of carbonyl (C=O) groups is 1. The Balaban J connectivity index is 2.09. The van der Waals surface area contributed by atoms with E-state index < -0.39 is 17.8 Å². The highest BCUT2D eigenvalue weighted by Crippen LogP contribution is 2.30. The summed E-state index contributed by atoms with van der Waals surface area (Å²) in [5, 5.41) is 23.0. The Morgan fingerprint density at radius 1 is 0.909 bits per heavy atom. The number of hydrogen-bond donors (Lipinski definition) is 4. The first kappa shape index (κ1) is 15.5. The maximum Gasteiger partial charge on any atom is 0.416 e. The number of aromatic hydroxyl groups is 2. The van der Waals surface area contributed by atoms with Crippen molar-refractivity contribution in [3.8, 4) is 11.5 Å². The van der Waals surface area contributed by atoms with Gasteiger partial charge in [0.2, 0.25) is 0 Å². The zero-order chi connectivity index (χ0) is 16.3. The SMILES string of the molecule is O=C(Nc1cc(O)cc(O)c1)Nc1cccc(C(F)(F)F)c1. The Kier molecular flexibility index (Phi) is 4.11. The summed E-state index contributed by atoms with van der Waals surface area (Å²) in [6.45, 7) is 0. The molecule has 0 spiro atoms. The number of halogens is 3. The lowest BCUT2D eigenvalue weighted by Gasteiger charge is -2.11. The number of alkyl halides is 3. The molecule has 0 bridgehead atoms. The molecule has 2 rings (SSSR count). The molecule has 0 saturated carbocycles. The zero-order valence-corrected chi connectivity index (χ0v) is 11.0. The standard InChI is InChI=1S/C14H11F3N2O3/c15-14(16,17)8-2-1-3-9(4-8)18-13(22)19-10-5-11(20)7-12(21)6-10/h1-7,20-21H,(H2,18,19,22). The van der Waals surface area contributed by atoms with E-state index in [1.54, 1.807) is 0 Å². The van der Waals surface area contributed by atoms with E-state index in [0.717, 1.165) is 18.2 Å². The van der Waals surface area contributed by atoms with Crippen molar-refractivity contribution in [2.45, 2.75) is 6.18 Å². The average Bonchev–Trinajstić information content (AvgIpc) is 2.36. The Morgan fingerprint density at radius 3 is 2.09 bits per heavy atom. The van der Waals surface area contributed by atoms with Gasteiger partial charge in [0, 0.05) is 29.6 Å². The first-order valence-electron chi connectivity index (χ1n) is 6.02. The van der Waals surface area contributed by atoms with Gasteiger partial charge in [0.05, 0.1) is 5.56 Å². The highest BCUT2D eigenvalue weighted by atomic mass is 19.4. The third-order valence-electron chi connectivity index (χ3n) is 2.61. The summed E-state index contributed by atoms with van der Waals surface area (Å²) in [6, 6.07) is 6.74. The smallest absolute Gasteiger partial charge is 0.416 e. The van der Waals surface area contributed by atoms with Crippen molar-refractivity contribution in [2.24, 2.45) is 0 Å². The lowest BCUT2D eigenvalue weighted by atomic mass is 10.2. The summed E-state index contributed by atoms with van der Waals surface area (Å²) >= 11 is 0. The number of phenols is 2. The first-order valence-corrected chi connectivity index (χ1v) is 6.02. The van der Waals surface area contributed by atoms with Gasteiger partial charge in [0.1, 0.15) is 11.5 Å². The molecule has 0 aliphatic carbocycles. The summed E-state index contributed by atoms with van der Waals surface area (Å²) in [6.07, 6.45) is -4.51. The molecule has 0 saturated heterocycles. The van der Waals surface area contributed by atoms with Crippen molar-refractivity contribution in [1.82, 2.24) is 0 Å². The van der Waals surface area contributed by atoms with E-state index >= 15 is 0 Å². The molecule has 116 valence electrons. The van der Waals surface area contributed by atoms with Crippen molar-refractivity contribution >= 4 is 17.4 Å². The van der Waals surface area contributed by atoms with E-state index in [2.05, 4.69) is 10.6 Å². The maximum atomic E-state index is 12.6. The Morgan fingerprint density at radius 2 is 1.50 bits per heavy atom. The second-order valence-corrected chi connectivity index (χ2v) is 4.40. The van der Waals surface area contributed by atoms with Crippen LogP contribution in [0.2, 0.25) is 0 Å². The highest BCUT2D eigenvalue weighted by molar-refractivity contribution is 6.00. The normalized spacial score (nSPS) is 11.0. The molecule has 4 N–H and O–H groups in total. The fourth-order valence-electron chi connectivity index (χ4n) is 1.73. The van der Waals surface area contributed by atoms with Crippen LogP contribution in [0.5, 0.6) is 11.5 Å². The van der Waals surface area contributed by atoms with Gasteiger partial charge in [-0.05, 0) is 18.2 Å². The first-order chi connectivity index (χ1) is 10.2. The summed E-state index contributed by atoms with van der Waals surface area (Å²) in [4.78, 5) is 11.7. The zero-order valence-electron chi connectivity index (χ0n) is 11.0. The van der Waals surface area contributed by atoms with Crippen molar-refractivity contribution in [3.63, 3.8) is 0 Å². The number of hydrogen-bond acceptors (Lipinski definition) is 3. The van der Waals surface area contributed by atoms with E-state index in [-0.39, 0.29) is 22.9 Å². The number of nitrogens with one attached hydrogen (secondary N) is 2. The van der Waals surface area contributed by atoms with Crippen molar-refractivity contribution in [2.75, 3.05) is 10.6 Å². The van der Waals surface area contributed by atoms with Gasteiger partial charge in [0.15, 0.2) is 0 Å². The molecule has 5 nitrogen and oxygen atoms in total. The quantitative estimate of drug-likeness (QED) is 0.681. The van der Waals surface area contributed by atoms with Crippen LogP contribution in [0.3, 0.4) is 0 Å². The Bertz CT molecular complexity index is 682. The van der Waals surface area contributed by atoms with Gasteiger partial charge in [0.25, 0.3) is 0 Å². The predicted molar refractivity (Wildman–Crippen MR) is 73.9 cm³/mol. The van der Waals surface area contributed by atoms with Gasteiger partial charge in [-0.1, -0.05) is 6.07 Å². The van der Waals surface area contributed by atoms with E-state index in [0.29, 0.717) is 0 Å². The second kappa shape index (κ2) is 5.84. The highest BCUT2D eigenvalue weighted by Gasteiger charge is 2.30. The lowest BCUT2D eigenvalue weighted by Crippen LogP contribution is -2.19. The summed E-state index contributed by atoms with van der Waals surface area (Å²) < 4.78 is 37.7. The van der Waals surface area contributed by atoms with E-state index in [4.69, 9.17) is 0 Å². The van der Waals surface area contributed by atoms with Gasteiger partial charge < -0.3 is 20.8 Å². The number of rotatable bonds is 2. The van der Waals surface area contributed by atoms with Crippen LogP contribution in [0.15, 0.2) is 42.5 Å². The van der Waals surface area contributed by atoms with Crippen LogP contribution >= 0.6 is 0 Å². The van der Waals surface area contributed by atoms with Crippen LogP contribution in [0.4, 0.5) is 29.3 Å². The van der Waals surface area contributed by atoms with Crippen molar-refractivity contribution in [3.05, 3.63) is 48.0 Å². The van der Waals surface area contributed by atoms with Crippen LogP contribution in [0.25, 0.3) is 0 Å². The monoisotopic (exact) mass is 312 g/mol. The van der Waals surface area contributed by atoms with Crippen molar-refractivity contribution in [1.29, 1.82) is 0 Å². The fraction of sp³-hybridized carbons (Fsp3) is 0.0714. The largest absolute Gasteiger partial charge is 0.508 e. The van der Waals surface area contributed by atoms with Crippen LogP contribution < -0.4 is 10.6 Å². The van der Waals surface area contributed by atoms with Crippen LogP contribution in [0, 0.1) is 0 Å². The molecule has 0 aliphatic rings. The number of benzene rings is 2. The molecule has 0 unspecified atom stereocenters. The number of urea groups is 1. The Hall–Kier alpha value is -2.90. The summed E-state index contributed by atoms with van der Waals surface area (Å²) in [5.74, 6) is -0.538. The predicted octanol–water partition coefficient (Wildman–Crippen LogP) is 3.76. The summed E-state index contributed by atoms with van der Waals surface area (Å²) in [5.41, 5.74) is -0.848. The molecule has 22 heavy (non-hydrogen) atoms. The van der Waals surface area contributed by atoms with Gasteiger partial charge in [-0.3, -0.25) is 0 Å². The molecule has 0 aliphatic heterocycles. The molecule has 0 atom stereocenters. The van der Waals surface area contributed by atoms with Gasteiger partial charge in [-0.15, -0.1) is 0 Å². The number of carbonyl (C=O) groups excluding carboxylic acids is 1. The van der Waals surface area contributed by atoms with Gasteiger partial charge in [-0.25, -0.2) is 4.79 Å². The molecule has 2 aromatic rings. The maximum absolute atomic E-state index is 12.6. The van der Waals surface area contributed by atoms with E-state index in [1.165, 1.54) is 24.3 Å². The lowest BCUT2D eigenvalue weighted by molar-refractivity contribution is -0.137. The van der Waals surface area contributed by atoms with Crippen LogP contribution in [-0.2, 0) is 6.18 Å². The molecule has 0 fully saturated rings. The second-order valence-electron chi connectivity index (χ2n) is 4.40. The molecule has 2 amide bonds. The number of phenolic OH excluding ortho intramolecular Hbond substituents is 2. The molecule has 0 aromatic heterocycles. The topological polar surface area (TPSA) is 81.6 Å². The summed E-state index contributed by atoms with van der Waals surface area (Å²) in [7, 11) is 0. The third-order valence-corrected chi connectivity index (χ3v) is 2.61. The minimum atomic E-state index is -4.51. The average molecular weight is 312 g/mol. The number of anilines is 2. The van der Waals surface area contributed by atoms with Gasteiger partial charge >= 0.3 is 12.2 Å². The Labute approximate surface area is 123 Å². The molecule has 0 radical (unpaired) electrons. The van der Waals surface area contributed by atoms with E-state index in [9.17, 15) is 28.2 Å². The molecule has 0 heterocycles. The third kappa shape index (κ3) is 4.05. The molecule has 8 heteroatoms. The van der Waals surface area contributed by atoms with Gasteiger partial charge in [-0.2, -0.15) is 13.2 Å². The minimum absolute atomic E-state index is 0.0447.